The SMILES string of the molecule is CC1OCCC1CNC(=O)CCCCO. The Morgan fingerprint density at radius 3 is 2.93 bits per heavy atom. The van der Waals surface area contributed by atoms with E-state index in [-0.39, 0.29) is 18.6 Å². The number of unbranched alkanes of at least 4 members (excludes halogenated alkanes) is 1. The molecule has 0 bridgehead atoms. The maximum atomic E-state index is 11.3. The fourth-order valence-electron chi connectivity index (χ4n) is 1.77. The summed E-state index contributed by atoms with van der Waals surface area (Å²) >= 11 is 0. The van der Waals surface area contributed by atoms with Gasteiger partial charge in [0.1, 0.15) is 0 Å². The predicted octanol–water partition coefficient (Wildman–Crippen LogP) is 0.690. The highest BCUT2D eigenvalue weighted by Gasteiger charge is 2.24. The molecule has 1 aliphatic rings. The molecule has 0 aromatic heterocycles. The van der Waals surface area contributed by atoms with Crippen LogP contribution in [0.5, 0.6) is 0 Å². The summed E-state index contributed by atoms with van der Waals surface area (Å²) in [5.74, 6) is 0.550. The Labute approximate surface area is 91.0 Å². The molecule has 2 N–H and O–H groups in total. The van der Waals surface area contributed by atoms with E-state index < -0.39 is 0 Å². The van der Waals surface area contributed by atoms with Crippen molar-refractivity contribution in [3.05, 3.63) is 0 Å². The first kappa shape index (κ1) is 12.5. The van der Waals surface area contributed by atoms with Gasteiger partial charge >= 0.3 is 0 Å². The lowest BCUT2D eigenvalue weighted by Crippen LogP contribution is -2.31. The first-order valence-corrected chi connectivity index (χ1v) is 5.73. The maximum Gasteiger partial charge on any atom is 0.220 e. The van der Waals surface area contributed by atoms with E-state index in [1.165, 1.54) is 0 Å². The van der Waals surface area contributed by atoms with Crippen molar-refractivity contribution in [2.24, 2.45) is 5.92 Å². The van der Waals surface area contributed by atoms with E-state index in [1.807, 2.05) is 0 Å². The van der Waals surface area contributed by atoms with Gasteiger partial charge in [0.2, 0.25) is 5.91 Å². The van der Waals surface area contributed by atoms with Crippen molar-refractivity contribution >= 4 is 5.91 Å². The van der Waals surface area contributed by atoms with Crippen molar-refractivity contribution in [2.75, 3.05) is 19.8 Å². The number of nitrogens with one attached hydrogen (secondary N) is 1. The van der Waals surface area contributed by atoms with E-state index in [4.69, 9.17) is 9.84 Å². The molecule has 0 spiro atoms. The van der Waals surface area contributed by atoms with Crippen LogP contribution in [0.2, 0.25) is 0 Å². The number of ether oxygens (including phenoxy) is 1. The van der Waals surface area contributed by atoms with Gasteiger partial charge in [-0.3, -0.25) is 4.79 Å². The van der Waals surface area contributed by atoms with Crippen LogP contribution in [-0.2, 0) is 9.53 Å². The topological polar surface area (TPSA) is 58.6 Å². The summed E-state index contributed by atoms with van der Waals surface area (Å²) in [5, 5.41) is 11.5. The monoisotopic (exact) mass is 215 g/mol. The van der Waals surface area contributed by atoms with E-state index in [0.29, 0.717) is 18.8 Å². The zero-order chi connectivity index (χ0) is 11.1. The Morgan fingerprint density at radius 2 is 2.33 bits per heavy atom. The molecular weight excluding hydrogens is 194 g/mol. The van der Waals surface area contributed by atoms with Crippen molar-refractivity contribution < 1.29 is 14.6 Å². The van der Waals surface area contributed by atoms with E-state index in [1.54, 1.807) is 0 Å². The number of amides is 1. The Kier molecular flexibility index (Phi) is 5.65. The zero-order valence-electron chi connectivity index (χ0n) is 9.37. The molecule has 1 heterocycles. The molecule has 0 aromatic rings. The van der Waals surface area contributed by atoms with Crippen LogP contribution >= 0.6 is 0 Å². The van der Waals surface area contributed by atoms with Gasteiger partial charge in [-0.1, -0.05) is 0 Å². The predicted molar refractivity (Wildman–Crippen MR) is 57.5 cm³/mol. The summed E-state index contributed by atoms with van der Waals surface area (Å²) in [6.45, 7) is 3.75. The van der Waals surface area contributed by atoms with Gasteiger partial charge in [0.25, 0.3) is 0 Å². The third kappa shape index (κ3) is 4.62. The van der Waals surface area contributed by atoms with E-state index in [9.17, 15) is 4.79 Å². The van der Waals surface area contributed by atoms with Gasteiger partial charge in [0.15, 0.2) is 0 Å². The highest BCUT2D eigenvalue weighted by molar-refractivity contribution is 5.75. The highest BCUT2D eigenvalue weighted by Crippen LogP contribution is 2.19. The standard InChI is InChI=1S/C11H21NO3/c1-9-10(5-7-15-9)8-12-11(14)4-2-3-6-13/h9-10,13H,2-8H2,1H3,(H,12,14). The van der Waals surface area contributed by atoms with Crippen LogP contribution in [0.3, 0.4) is 0 Å². The molecule has 1 fully saturated rings. The lowest BCUT2D eigenvalue weighted by Gasteiger charge is -2.14. The van der Waals surface area contributed by atoms with Gasteiger partial charge in [-0.15, -0.1) is 0 Å². The summed E-state index contributed by atoms with van der Waals surface area (Å²) in [4.78, 5) is 11.3. The number of aliphatic hydroxyl groups is 1. The third-order valence-electron chi connectivity index (χ3n) is 2.91. The normalized spacial score (nSPS) is 25.5. The lowest BCUT2D eigenvalue weighted by atomic mass is 10.0. The average molecular weight is 215 g/mol. The van der Waals surface area contributed by atoms with Crippen molar-refractivity contribution in [1.29, 1.82) is 0 Å². The minimum Gasteiger partial charge on any atom is -0.396 e. The van der Waals surface area contributed by atoms with Crippen molar-refractivity contribution in [2.45, 2.75) is 38.7 Å². The molecule has 2 atom stereocenters. The summed E-state index contributed by atoms with van der Waals surface area (Å²) in [6.07, 6.45) is 3.29. The minimum atomic E-state index is 0.0857. The molecule has 0 aromatic carbocycles. The lowest BCUT2D eigenvalue weighted by molar-refractivity contribution is -0.121. The summed E-state index contributed by atoms with van der Waals surface area (Å²) in [5.41, 5.74) is 0. The number of carbonyl (C=O) groups is 1. The van der Waals surface area contributed by atoms with Gasteiger partial charge in [0, 0.05) is 32.1 Å². The van der Waals surface area contributed by atoms with Crippen molar-refractivity contribution in [3.8, 4) is 0 Å². The second-order valence-electron chi connectivity index (χ2n) is 4.11. The second kappa shape index (κ2) is 6.80. The molecule has 4 heteroatoms. The van der Waals surface area contributed by atoms with E-state index >= 15 is 0 Å². The first-order chi connectivity index (χ1) is 7.24. The number of hydrogen-bond acceptors (Lipinski definition) is 3. The van der Waals surface area contributed by atoms with Gasteiger partial charge in [-0.05, 0) is 26.2 Å². The molecule has 15 heavy (non-hydrogen) atoms. The third-order valence-corrected chi connectivity index (χ3v) is 2.91. The van der Waals surface area contributed by atoms with Crippen LogP contribution in [0.1, 0.15) is 32.6 Å². The Balaban J connectivity index is 2.05. The minimum absolute atomic E-state index is 0.0857. The van der Waals surface area contributed by atoms with Crippen molar-refractivity contribution in [1.82, 2.24) is 5.32 Å². The first-order valence-electron chi connectivity index (χ1n) is 5.73. The van der Waals surface area contributed by atoms with Gasteiger partial charge < -0.3 is 15.2 Å². The van der Waals surface area contributed by atoms with Gasteiger partial charge in [0.05, 0.1) is 6.10 Å². The number of aliphatic hydroxyl groups excluding tert-OH is 1. The van der Waals surface area contributed by atoms with Crippen LogP contribution in [-0.4, -0.2) is 36.9 Å². The van der Waals surface area contributed by atoms with Crippen LogP contribution in [0.15, 0.2) is 0 Å². The van der Waals surface area contributed by atoms with E-state index in [2.05, 4.69) is 12.2 Å². The van der Waals surface area contributed by atoms with Crippen LogP contribution in [0.4, 0.5) is 0 Å². The number of hydrogen-bond donors (Lipinski definition) is 2. The van der Waals surface area contributed by atoms with Crippen LogP contribution in [0, 0.1) is 5.92 Å². The summed E-state index contributed by atoms with van der Waals surface area (Å²) in [7, 11) is 0. The molecule has 1 saturated heterocycles. The molecule has 4 nitrogen and oxygen atoms in total. The summed E-state index contributed by atoms with van der Waals surface area (Å²) < 4.78 is 5.41. The Bertz CT molecular complexity index is 196. The van der Waals surface area contributed by atoms with E-state index in [0.717, 1.165) is 26.0 Å². The Morgan fingerprint density at radius 1 is 1.53 bits per heavy atom. The molecule has 1 rings (SSSR count). The molecule has 88 valence electrons. The molecule has 2 unspecified atom stereocenters. The smallest absolute Gasteiger partial charge is 0.220 e. The number of rotatable bonds is 6. The van der Waals surface area contributed by atoms with Crippen molar-refractivity contribution in [3.63, 3.8) is 0 Å². The molecule has 0 aliphatic carbocycles. The largest absolute Gasteiger partial charge is 0.396 e. The quantitative estimate of drug-likeness (QED) is 0.641. The summed E-state index contributed by atoms with van der Waals surface area (Å²) in [6, 6.07) is 0. The highest BCUT2D eigenvalue weighted by atomic mass is 16.5. The average Bonchev–Trinajstić information content (AvgIpc) is 2.61. The fraction of sp³-hybridized carbons (Fsp3) is 0.909. The molecule has 0 saturated carbocycles. The maximum absolute atomic E-state index is 11.3. The van der Waals surface area contributed by atoms with Gasteiger partial charge in [-0.2, -0.15) is 0 Å². The molecular formula is C11H21NO3. The molecule has 1 amide bonds. The fourth-order valence-corrected chi connectivity index (χ4v) is 1.77. The zero-order valence-corrected chi connectivity index (χ0v) is 9.37. The molecule has 0 radical (unpaired) electrons. The molecule has 1 aliphatic heterocycles. The second-order valence-corrected chi connectivity index (χ2v) is 4.11. The van der Waals surface area contributed by atoms with Crippen LogP contribution < -0.4 is 5.32 Å². The Hall–Kier alpha value is -0.610. The van der Waals surface area contributed by atoms with Gasteiger partial charge in [-0.25, -0.2) is 0 Å². The number of carbonyl (C=O) groups excluding carboxylic acids is 1. The van der Waals surface area contributed by atoms with Crippen LogP contribution in [0.25, 0.3) is 0 Å².